The van der Waals surface area contributed by atoms with E-state index in [0.29, 0.717) is 0 Å². The van der Waals surface area contributed by atoms with Crippen LogP contribution in [0.2, 0.25) is 0 Å². The van der Waals surface area contributed by atoms with Crippen molar-refractivity contribution in [2.24, 2.45) is 0 Å². The number of carbonyl (C=O) groups excluding carboxylic acids is 2. The lowest BCUT2D eigenvalue weighted by Gasteiger charge is -2.18. The van der Waals surface area contributed by atoms with E-state index in [1.165, 1.54) is 12.1 Å². The molecule has 0 radical (unpaired) electrons. The van der Waals surface area contributed by atoms with E-state index in [2.05, 4.69) is 8.75 Å². The van der Waals surface area contributed by atoms with Gasteiger partial charge >= 0.3 is 0 Å². The monoisotopic (exact) mass is 412 g/mol. The summed E-state index contributed by atoms with van der Waals surface area (Å²) < 4.78 is 34.6. The van der Waals surface area contributed by atoms with Crippen molar-refractivity contribution in [1.29, 1.82) is 0 Å². The predicted molar refractivity (Wildman–Crippen MR) is 100 cm³/mol. The molecule has 0 amide bonds. The second-order valence-corrected chi connectivity index (χ2v) is 9.52. The van der Waals surface area contributed by atoms with Crippen molar-refractivity contribution in [3.8, 4) is 0 Å². The van der Waals surface area contributed by atoms with Gasteiger partial charge in [0.25, 0.3) is 0 Å². The Balaban J connectivity index is 1.88. The van der Waals surface area contributed by atoms with Gasteiger partial charge in [0.2, 0.25) is 9.84 Å². The molecular weight excluding hydrogens is 404 g/mol. The average molecular weight is 412 g/mol. The first-order valence-corrected chi connectivity index (χ1v) is 10.9. The van der Waals surface area contributed by atoms with Crippen LogP contribution in [0.1, 0.15) is 31.8 Å². The molecular formula is C18H8N2O4S3. The third kappa shape index (κ3) is 2.19. The van der Waals surface area contributed by atoms with Gasteiger partial charge in [-0.25, -0.2) is 8.42 Å². The van der Waals surface area contributed by atoms with Gasteiger partial charge in [-0.15, -0.1) is 11.3 Å². The van der Waals surface area contributed by atoms with Crippen molar-refractivity contribution in [3.05, 3.63) is 70.1 Å². The molecule has 132 valence electrons. The number of ketones is 2. The SMILES string of the molecule is O=C1c2ccccc2C(=O)c2c1cc(S(=O)(=O)c1cccs1)c1nsnc21. The quantitative estimate of drug-likeness (QED) is 0.441. The number of thiophene rings is 1. The maximum Gasteiger partial charge on any atom is 0.218 e. The molecule has 0 atom stereocenters. The molecule has 0 N–H and O–H groups in total. The van der Waals surface area contributed by atoms with Crippen molar-refractivity contribution in [1.82, 2.24) is 8.75 Å². The summed E-state index contributed by atoms with van der Waals surface area (Å²) >= 11 is 1.89. The summed E-state index contributed by atoms with van der Waals surface area (Å²) in [7, 11) is -3.88. The minimum absolute atomic E-state index is 0.0500. The van der Waals surface area contributed by atoms with Gasteiger partial charge in [0.15, 0.2) is 11.6 Å². The minimum atomic E-state index is -3.88. The number of aromatic nitrogens is 2. The van der Waals surface area contributed by atoms with Crippen LogP contribution in [0.3, 0.4) is 0 Å². The van der Waals surface area contributed by atoms with Crippen molar-refractivity contribution in [2.75, 3.05) is 0 Å². The van der Waals surface area contributed by atoms with E-state index in [-0.39, 0.29) is 48.2 Å². The molecule has 2 aromatic carbocycles. The molecule has 0 unspecified atom stereocenters. The van der Waals surface area contributed by atoms with E-state index in [1.54, 1.807) is 35.7 Å². The molecule has 0 saturated carbocycles. The van der Waals surface area contributed by atoms with Gasteiger partial charge in [-0.05, 0) is 17.5 Å². The summed E-state index contributed by atoms with van der Waals surface area (Å²) in [6.07, 6.45) is 0. The number of carbonyl (C=O) groups is 2. The second-order valence-electron chi connectivity index (χ2n) is 5.90. The molecule has 4 aromatic rings. The topological polar surface area (TPSA) is 94.1 Å². The molecule has 0 bridgehead atoms. The Hall–Kier alpha value is -2.75. The summed E-state index contributed by atoms with van der Waals surface area (Å²) in [5.74, 6) is -0.740. The van der Waals surface area contributed by atoms with Crippen LogP contribution in [0.15, 0.2) is 56.9 Å². The highest BCUT2D eigenvalue weighted by atomic mass is 32.2. The number of hydrogen-bond donors (Lipinski definition) is 0. The maximum atomic E-state index is 13.1. The van der Waals surface area contributed by atoms with Crippen LogP contribution in [0, 0.1) is 0 Å². The maximum absolute atomic E-state index is 13.1. The molecule has 9 heteroatoms. The van der Waals surface area contributed by atoms with E-state index >= 15 is 0 Å². The molecule has 1 aliphatic rings. The van der Waals surface area contributed by atoms with Gasteiger partial charge < -0.3 is 0 Å². The largest absolute Gasteiger partial charge is 0.289 e. The Morgan fingerprint density at radius 3 is 2.22 bits per heavy atom. The molecule has 2 aromatic heterocycles. The Morgan fingerprint density at radius 1 is 0.815 bits per heavy atom. The fraction of sp³-hybridized carbons (Fsp3) is 0. The lowest BCUT2D eigenvalue weighted by atomic mass is 9.83. The van der Waals surface area contributed by atoms with Crippen LogP contribution < -0.4 is 0 Å². The Kier molecular flexibility index (Phi) is 3.42. The number of rotatable bonds is 2. The highest BCUT2D eigenvalue weighted by molar-refractivity contribution is 7.93. The van der Waals surface area contributed by atoms with Crippen LogP contribution >= 0.6 is 23.1 Å². The lowest BCUT2D eigenvalue weighted by Crippen LogP contribution is -2.22. The summed E-state index contributed by atoms with van der Waals surface area (Å²) in [4.78, 5) is 25.9. The van der Waals surface area contributed by atoms with Crippen LogP contribution in [0.4, 0.5) is 0 Å². The van der Waals surface area contributed by atoms with E-state index < -0.39 is 15.6 Å². The van der Waals surface area contributed by atoms with Crippen LogP contribution in [-0.4, -0.2) is 28.7 Å². The third-order valence-corrected chi connectivity index (χ3v) is 8.13. The fourth-order valence-corrected chi connectivity index (χ4v) is 6.37. The van der Waals surface area contributed by atoms with Crippen molar-refractivity contribution in [3.63, 3.8) is 0 Å². The first-order chi connectivity index (χ1) is 13.0. The third-order valence-electron chi connectivity index (χ3n) is 4.44. The van der Waals surface area contributed by atoms with Gasteiger partial charge in [-0.1, -0.05) is 30.3 Å². The molecule has 0 fully saturated rings. The standard InChI is InChI=1S/C18H8N2O4S3/c21-17-9-4-1-2-5-10(9)18(22)14-11(17)8-12(15-16(14)20-26-19-15)27(23,24)13-6-3-7-25-13/h1-8H. The second kappa shape index (κ2) is 5.62. The Labute approximate surface area is 161 Å². The van der Waals surface area contributed by atoms with Gasteiger partial charge in [0, 0.05) is 16.7 Å². The zero-order chi connectivity index (χ0) is 18.8. The van der Waals surface area contributed by atoms with Gasteiger partial charge in [0.1, 0.15) is 20.1 Å². The normalized spacial score (nSPS) is 13.6. The summed E-state index contributed by atoms with van der Waals surface area (Å²) in [5.41, 5.74) is 0.991. The predicted octanol–water partition coefficient (Wildman–Crippen LogP) is 3.36. The summed E-state index contributed by atoms with van der Waals surface area (Å²) in [6, 6.07) is 10.9. The first kappa shape index (κ1) is 16.4. The van der Waals surface area contributed by atoms with E-state index in [9.17, 15) is 18.0 Å². The van der Waals surface area contributed by atoms with E-state index in [4.69, 9.17) is 0 Å². The lowest BCUT2D eigenvalue weighted by molar-refractivity contribution is 0.0980. The fourth-order valence-electron chi connectivity index (χ4n) is 3.21. The zero-order valence-corrected chi connectivity index (χ0v) is 15.8. The van der Waals surface area contributed by atoms with Crippen LogP contribution in [-0.2, 0) is 9.84 Å². The van der Waals surface area contributed by atoms with Crippen molar-refractivity contribution >= 4 is 55.5 Å². The van der Waals surface area contributed by atoms with Gasteiger partial charge in [-0.3, -0.25) is 9.59 Å². The highest BCUT2D eigenvalue weighted by Gasteiger charge is 2.36. The molecule has 5 rings (SSSR count). The molecule has 0 saturated heterocycles. The molecule has 1 aliphatic carbocycles. The molecule has 6 nitrogen and oxygen atoms in total. The summed E-state index contributed by atoms with van der Waals surface area (Å²) in [5, 5.41) is 1.66. The Bertz CT molecular complexity index is 1370. The molecule has 2 heterocycles. The average Bonchev–Trinajstić information content (AvgIpc) is 3.36. The number of fused-ring (bicyclic) bond motifs is 4. The first-order valence-electron chi connectivity index (χ1n) is 7.76. The van der Waals surface area contributed by atoms with Gasteiger partial charge in [-0.2, -0.15) is 8.75 Å². The number of benzene rings is 2. The number of hydrogen-bond acceptors (Lipinski definition) is 8. The number of sulfone groups is 1. The summed E-state index contributed by atoms with van der Waals surface area (Å²) in [6.45, 7) is 0. The minimum Gasteiger partial charge on any atom is -0.289 e. The highest BCUT2D eigenvalue weighted by Crippen LogP contribution is 2.37. The smallest absolute Gasteiger partial charge is 0.218 e. The van der Waals surface area contributed by atoms with Gasteiger partial charge in [0.05, 0.1) is 17.3 Å². The molecule has 0 spiro atoms. The van der Waals surface area contributed by atoms with Crippen molar-refractivity contribution < 1.29 is 18.0 Å². The van der Waals surface area contributed by atoms with Crippen molar-refractivity contribution in [2.45, 2.75) is 9.10 Å². The Morgan fingerprint density at radius 2 is 1.52 bits per heavy atom. The van der Waals surface area contributed by atoms with Crippen LogP contribution in [0.5, 0.6) is 0 Å². The van der Waals surface area contributed by atoms with Crippen LogP contribution in [0.25, 0.3) is 11.0 Å². The van der Waals surface area contributed by atoms with E-state index in [1.807, 2.05) is 0 Å². The van der Waals surface area contributed by atoms with E-state index in [0.717, 1.165) is 23.1 Å². The molecule has 27 heavy (non-hydrogen) atoms. The number of nitrogens with zero attached hydrogens (tertiary/aromatic N) is 2. The molecule has 0 aliphatic heterocycles. The zero-order valence-electron chi connectivity index (χ0n) is 13.4.